The maximum atomic E-state index is 12.6. The highest BCUT2D eigenvalue weighted by Crippen LogP contribution is 2.28. The first-order chi connectivity index (χ1) is 13.0. The van der Waals surface area contributed by atoms with Gasteiger partial charge in [-0.3, -0.25) is 4.79 Å². The number of carbonyl (C=O) groups excluding carboxylic acids is 2. The van der Waals surface area contributed by atoms with E-state index in [0.717, 1.165) is 0 Å². The molecule has 0 aliphatic carbocycles. The van der Waals surface area contributed by atoms with Crippen molar-refractivity contribution in [1.29, 1.82) is 0 Å². The lowest BCUT2D eigenvalue weighted by Crippen LogP contribution is -2.25. The van der Waals surface area contributed by atoms with Gasteiger partial charge in [0.15, 0.2) is 5.16 Å². The Morgan fingerprint density at radius 3 is 2.67 bits per heavy atom. The first-order valence-corrected chi connectivity index (χ1v) is 9.28. The van der Waals surface area contributed by atoms with Crippen LogP contribution in [0, 0.1) is 0 Å². The number of methoxy groups -OCH3 is 1. The molecule has 1 heterocycles. The molecule has 1 aromatic heterocycles. The molecule has 0 saturated heterocycles. The zero-order valence-corrected chi connectivity index (χ0v) is 16.2. The number of nitrogens with one attached hydrogen (secondary N) is 1. The highest BCUT2D eigenvalue weighted by molar-refractivity contribution is 8.00. The lowest BCUT2D eigenvalue weighted by molar-refractivity contribution is -0.115. The van der Waals surface area contributed by atoms with Crippen molar-refractivity contribution in [2.24, 2.45) is 0 Å². The standard InChI is InChI=1S/C18H22N4O4S/c1-4-14(16(23)21-12-8-6-7-9-13(12)25-3)27-18-20-10-11(15(19)22-18)17(24)26-5-2/h6-10,14H,4-5H2,1-3H3,(H,21,23)(H2,19,20,22). The summed E-state index contributed by atoms with van der Waals surface area (Å²) in [5, 5.41) is 2.71. The SMILES string of the molecule is CCOC(=O)c1cnc(SC(CC)C(=O)Nc2ccccc2OC)nc1N. The number of amides is 1. The minimum absolute atomic E-state index is 0.0194. The Hall–Kier alpha value is -2.81. The van der Waals surface area contributed by atoms with Crippen LogP contribution in [-0.2, 0) is 9.53 Å². The van der Waals surface area contributed by atoms with Crippen LogP contribution in [0.3, 0.4) is 0 Å². The van der Waals surface area contributed by atoms with Crippen LogP contribution in [0.2, 0.25) is 0 Å². The third-order valence-electron chi connectivity index (χ3n) is 3.57. The highest BCUT2D eigenvalue weighted by atomic mass is 32.2. The van der Waals surface area contributed by atoms with Gasteiger partial charge in [-0.1, -0.05) is 30.8 Å². The second kappa shape index (κ2) is 9.77. The molecule has 8 nitrogen and oxygen atoms in total. The van der Waals surface area contributed by atoms with Crippen molar-refractivity contribution in [3.63, 3.8) is 0 Å². The summed E-state index contributed by atoms with van der Waals surface area (Å²) in [5.41, 5.74) is 6.51. The van der Waals surface area contributed by atoms with Crippen LogP contribution in [0.15, 0.2) is 35.6 Å². The number of hydrogen-bond acceptors (Lipinski definition) is 8. The number of nitrogens with two attached hydrogens (primary N) is 1. The molecule has 3 N–H and O–H groups in total. The Balaban J connectivity index is 2.11. The van der Waals surface area contributed by atoms with E-state index in [0.29, 0.717) is 23.0 Å². The summed E-state index contributed by atoms with van der Waals surface area (Å²) < 4.78 is 10.1. The van der Waals surface area contributed by atoms with Crippen LogP contribution in [0.5, 0.6) is 5.75 Å². The van der Waals surface area contributed by atoms with E-state index in [1.54, 1.807) is 26.2 Å². The maximum absolute atomic E-state index is 12.6. The monoisotopic (exact) mass is 390 g/mol. The minimum Gasteiger partial charge on any atom is -0.495 e. The summed E-state index contributed by atoms with van der Waals surface area (Å²) in [4.78, 5) is 32.6. The Morgan fingerprint density at radius 1 is 1.30 bits per heavy atom. The number of ether oxygens (including phenoxy) is 2. The molecule has 1 unspecified atom stereocenters. The number of benzene rings is 1. The van der Waals surface area contributed by atoms with Crippen LogP contribution in [0.25, 0.3) is 0 Å². The number of para-hydroxylation sites is 2. The van der Waals surface area contributed by atoms with E-state index >= 15 is 0 Å². The Kier molecular flexibility index (Phi) is 7.42. The van der Waals surface area contributed by atoms with E-state index in [-0.39, 0.29) is 23.9 Å². The number of nitrogens with zero attached hydrogens (tertiary/aromatic N) is 2. The average Bonchev–Trinajstić information content (AvgIpc) is 2.66. The summed E-state index contributed by atoms with van der Waals surface area (Å²) in [6, 6.07) is 7.16. The van der Waals surface area contributed by atoms with Crippen molar-refractivity contribution in [3.8, 4) is 5.75 Å². The smallest absolute Gasteiger partial charge is 0.343 e. The first-order valence-electron chi connectivity index (χ1n) is 8.40. The molecule has 2 rings (SSSR count). The van der Waals surface area contributed by atoms with Crippen LogP contribution >= 0.6 is 11.8 Å². The topological polar surface area (TPSA) is 116 Å². The van der Waals surface area contributed by atoms with Gasteiger partial charge in [0.2, 0.25) is 5.91 Å². The van der Waals surface area contributed by atoms with Gasteiger partial charge >= 0.3 is 5.97 Å². The number of esters is 1. The van der Waals surface area contributed by atoms with Gasteiger partial charge in [0, 0.05) is 6.20 Å². The van der Waals surface area contributed by atoms with Crippen molar-refractivity contribution >= 4 is 35.1 Å². The summed E-state index contributed by atoms with van der Waals surface area (Å²) in [5.74, 6) is -0.188. The first kappa shape index (κ1) is 20.5. The van der Waals surface area contributed by atoms with Gasteiger partial charge in [-0.2, -0.15) is 0 Å². The predicted molar refractivity (Wildman–Crippen MR) is 104 cm³/mol. The lowest BCUT2D eigenvalue weighted by atomic mass is 10.2. The molecule has 0 radical (unpaired) electrons. The Labute approximate surface area is 161 Å². The lowest BCUT2D eigenvalue weighted by Gasteiger charge is -2.15. The van der Waals surface area contributed by atoms with Gasteiger partial charge in [-0.25, -0.2) is 14.8 Å². The van der Waals surface area contributed by atoms with Crippen LogP contribution in [-0.4, -0.2) is 40.8 Å². The highest BCUT2D eigenvalue weighted by Gasteiger charge is 2.22. The Morgan fingerprint density at radius 2 is 2.04 bits per heavy atom. The van der Waals surface area contributed by atoms with Crippen molar-refractivity contribution in [2.45, 2.75) is 30.7 Å². The van der Waals surface area contributed by atoms with E-state index in [4.69, 9.17) is 15.2 Å². The van der Waals surface area contributed by atoms with E-state index in [9.17, 15) is 9.59 Å². The number of anilines is 2. The third kappa shape index (κ3) is 5.33. The number of hydrogen-bond donors (Lipinski definition) is 2. The Bertz CT molecular complexity index is 816. The predicted octanol–water partition coefficient (Wildman–Crippen LogP) is 2.75. The van der Waals surface area contributed by atoms with Gasteiger partial charge in [-0.15, -0.1) is 0 Å². The molecule has 1 amide bonds. The fraction of sp³-hybridized carbons (Fsp3) is 0.333. The summed E-state index contributed by atoms with van der Waals surface area (Å²) in [6.45, 7) is 3.82. The van der Waals surface area contributed by atoms with Crippen molar-refractivity contribution in [1.82, 2.24) is 9.97 Å². The summed E-state index contributed by atoms with van der Waals surface area (Å²) in [7, 11) is 1.54. The molecule has 0 bridgehead atoms. The fourth-order valence-electron chi connectivity index (χ4n) is 2.21. The van der Waals surface area contributed by atoms with E-state index in [1.807, 2.05) is 19.1 Å². The molecular weight excluding hydrogens is 368 g/mol. The molecule has 0 aliphatic heterocycles. The number of nitrogen functional groups attached to an aromatic ring is 1. The van der Waals surface area contributed by atoms with Crippen molar-refractivity contribution in [3.05, 3.63) is 36.0 Å². The zero-order valence-electron chi connectivity index (χ0n) is 15.4. The second-order valence-corrected chi connectivity index (χ2v) is 6.55. The second-order valence-electron chi connectivity index (χ2n) is 5.38. The quantitative estimate of drug-likeness (QED) is 0.401. The molecular formula is C18H22N4O4S. The maximum Gasteiger partial charge on any atom is 0.343 e. The number of rotatable bonds is 8. The van der Waals surface area contributed by atoms with Crippen molar-refractivity contribution < 1.29 is 19.1 Å². The average molecular weight is 390 g/mol. The largest absolute Gasteiger partial charge is 0.495 e. The van der Waals surface area contributed by atoms with Crippen LogP contribution in [0.1, 0.15) is 30.6 Å². The number of thioether (sulfide) groups is 1. The van der Waals surface area contributed by atoms with Gasteiger partial charge in [0.05, 0.1) is 24.7 Å². The third-order valence-corrected chi connectivity index (χ3v) is 4.81. The van der Waals surface area contributed by atoms with Gasteiger partial charge in [0.1, 0.15) is 17.1 Å². The zero-order chi connectivity index (χ0) is 19.8. The van der Waals surface area contributed by atoms with Crippen molar-refractivity contribution in [2.75, 3.05) is 24.8 Å². The van der Waals surface area contributed by atoms with E-state index in [1.165, 1.54) is 18.0 Å². The van der Waals surface area contributed by atoms with Crippen LogP contribution in [0.4, 0.5) is 11.5 Å². The molecule has 1 aromatic carbocycles. The molecule has 0 saturated carbocycles. The van der Waals surface area contributed by atoms with Gasteiger partial charge in [-0.05, 0) is 25.5 Å². The summed E-state index contributed by atoms with van der Waals surface area (Å²) >= 11 is 1.17. The van der Waals surface area contributed by atoms with Gasteiger partial charge in [0.25, 0.3) is 0 Å². The molecule has 1 atom stereocenters. The van der Waals surface area contributed by atoms with E-state index < -0.39 is 11.2 Å². The molecule has 2 aromatic rings. The number of aromatic nitrogens is 2. The van der Waals surface area contributed by atoms with Gasteiger partial charge < -0.3 is 20.5 Å². The van der Waals surface area contributed by atoms with E-state index in [2.05, 4.69) is 15.3 Å². The molecule has 0 spiro atoms. The number of carbonyl (C=O) groups is 2. The molecule has 144 valence electrons. The fourth-order valence-corrected chi connectivity index (χ4v) is 3.06. The molecule has 9 heteroatoms. The molecule has 27 heavy (non-hydrogen) atoms. The summed E-state index contributed by atoms with van der Waals surface area (Å²) in [6.07, 6.45) is 1.86. The molecule has 0 aliphatic rings. The normalized spacial score (nSPS) is 11.5. The van der Waals surface area contributed by atoms with Crippen LogP contribution < -0.4 is 15.8 Å². The minimum atomic E-state index is -0.576. The molecule has 0 fully saturated rings.